The van der Waals surface area contributed by atoms with Crippen LogP contribution >= 0.6 is 11.3 Å². The van der Waals surface area contributed by atoms with Crippen LogP contribution in [0.4, 0.5) is 5.95 Å². The second-order valence-electron chi connectivity index (χ2n) is 7.30. The zero-order chi connectivity index (χ0) is 17.1. The van der Waals surface area contributed by atoms with Crippen molar-refractivity contribution >= 4 is 23.2 Å². The molecular weight excluding hydrogens is 324 g/mol. The lowest BCUT2D eigenvalue weighted by atomic mass is 9.91. The first kappa shape index (κ1) is 15.4. The van der Waals surface area contributed by atoms with Gasteiger partial charge < -0.3 is 10.6 Å². The maximum Gasteiger partial charge on any atom is 0.255 e. The molecule has 24 heavy (non-hydrogen) atoms. The summed E-state index contributed by atoms with van der Waals surface area (Å²) in [5, 5.41) is 2.02. The average molecular weight is 344 g/mol. The summed E-state index contributed by atoms with van der Waals surface area (Å²) in [6.45, 7) is 5.18. The molecule has 3 heterocycles. The van der Waals surface area contributed by atoms with Gasteiger partial charge in [0.1, 0.15) is 0 Å². The van der Waals surface area contributed by atoms with E-state index in [1.54, 1.807) is 11.3 Å². The van der Waals surface area contributed by atoms with E-state index in [2.05, 4.69) is 29.9 Å². The van der Waals surface area contributed by atoms with Crippen LogP contribution in [0.3, 0.4) is 0 Å². The molecule has 1 fully saturated rings. The Morgan fingerprint density at radius 2 is 2.21 bits per heavy atom. The molecular formula is C17H20N4O2S. The Kier molecular flexibility index (Phi) is 3.16. The molecule has 0 bridgehead atoms. The highest BCUT2D eigenvalue weighted by atomic mass is 32.1. The number of aromatic amines is 1. The molecule has 1 aliphatic heterocycles. The zero-order valence-corrected chi connectivity index (χ0v) is 14.6. The standard InChI is InChI=1S/C17H20N4O2S/c1-16(2)9-17(16,12-4-3-7-24-12)14(23)21-6-5-10-11(8-21)19-15(18)20-13(10)22/h3-4,7H,5-6,8-9H2,1-2H3,(H3,18,19,20,22)/t17-/m0/s1. The number of aromatic nitrogens is 2. The van der Waals surface area contributed by atoms with Gasteiger partial charge in [-0.25, -0.2) is 4.98 Å². The molecule has 126 valence electrons. The zero-order valence-electron chi connectivity index (χ0n) is 13.8. The molecule has 0 aromatic carbocycles. The van der Waals surface area contributed by atoms with Gasteiger partial charge in [-0.2, -0.15) is 0 Å². The number of anilines is 1. The van der Waals surface area contributed by atoms with E-state index < -0.39 is 5.41 Å². The number of nitrogen functional groups attached to an aromatic ring is 1. The molecule has 0 radical (unpaired) electrons. The topological polar surface area (TPSA) is 92.1 Å². The highest BCUT2D eigenvalue weighted by Crippen LogP contribution is 2.66. The number of nitrogens with one attached hydrogen (secondary N) is 1. The number of carbonyl (C=O) groups is 1. The summed E-state index contributed by atoms with van der Waals surface area (Å²) in [5.41, 5.74) is 6.25. The summed E-state index contributed by atoms with van der Waals surface area (Å²) in [5.74, 6) is 0.244. The van der Waals surface area contributed by atoms with Crippen LogP contribution in [-0.2, 0) is 23.2 Å². The van der Waals surface area contributed by atoms with E-state index in [0.717, 1.165) is 11.3 Å². The van der Waals surface area contributed by atoms with Crippen LogP contribution in [0.1, 0.15) is 36.4 Å². The average Bonchev–Trinajstić information content (AvgIpc) is 2.90. The lowest BCUT2D eigenvalue weighted by Gasteiger charge is -2.32. The second-order valence-corrected chi connectivity index (χ2v) is 8.24. The van der Waals surface area contributed by atoms with Gasteiger partial charge in [-0.15, -0.1) is 11.3 Å². The SMILES string of the molecule is CC1(C)C[C@@]1(C(=O)N1CCc2c(nc(N)[nH]c2=O)C1)c1cccs1. The van der Waals surface area contributed by atoms with Crippen molar-refractivity contribution in [3.63, 3.8) is 0 Å². The molecule has 1 saturated carbocycles. The number of hydrogen-bond acceptors (Lipinski definition) is 5. The van der Waals surface area contributed by atoms with Gasteiger partial charge in [-0.1, -0.05) is 19.9 Å². The number of rotatable bonds is 2. The number of fused-ring (bicyclic) bond motifs is 1. The minimum absolute atomic E-state index is 0.0458. The predicted molar refractivity (Wildman–Crippen MR) is 92.8 cm³/mol. The van der Waals surface area contributed by atoms with Gasteiger partial charge in [0.25, 0.3) is 5.56 Å². The molecule has 1 atom stereocenters. The molecule has 7 heteroatoms. The Morgan fingerprint density at radius 3 is 2.83 bits per heavy atom. The lowest BCUT2D eigenvalue weighted by molar-refractivity contribution is -0.135. The number of nitrogens with two attached hydrogens (primary N) is 1. The molecule has 1 aliphatic carbocycles. The summed E-state index contributed by atoms with van der Waals surface area (Å²) >= 11 is 1.64. The molecule has 2 aromatic heterocycles. The van der Waals surface area contributed by atoms with E-state index in [-0.39, 0.29) is 22.8 Å². The maximum absolute atomic E-state index is 13.4. The van der Waals surface area contributed by atoms with Gasteiger partial charge >= 0.3 is 0 Å². The summed E-state index contributed by atoms with van der Waals surface area (Å²) in [4.78, 5) is 35.1. The van der Waals surface area contributed by atoms with Crippen molar-refractivity contribution < 1.29 is 4.79 Å². The Morgan fingerprint density at radius 1 is 1.46 bits per heavy atom. The van der Waals surface area contributed by atoms with Crippen LogP contribution < -0.4 is 11.3 Å². The van der Waals surface area contributed by atoms with Gasteiger partial charge in [0.15, 0.2) is 0 Å². The van der Waals surface area contributed by atoms with Crippen molar-refractivity contribution in [3.8, 4) is 0 Å². The Labute approximate surface area is 143 Å². The van der Waals surface area contributed by atoms with E-state index in [1.807, 2.05) is 16.3 Å². The minimum Gasteiger partial charge on any atom is -0.369 e. The predicted octanol–water partition coefficient (Wildman–Crippen LogP) is 1.67. The quantitative estimate of drug-likeness (QED) is 0.867. The van der Waals surface area contributed by atoms with E-state index in [1.165, 1.54) is 0 Å². The number of carbonyl (C=O) groups excluding carboxylic acids is 1. The van der Waals surface area contributed by atoms with Gasteiger partial charge in [-0.05, 0) is 29.7 Å². The summed E-state index contributed by atoms with van der Waals surface area (Å²) in [6, 6.07) is 4.05. The maximum atomic E-state index is 13.4. The number of thiophene rings is 1. The van der Waals surface area contributed by atoms with Crippen LogP contribution in [0, 0.1) is 5.41 Å². The van der Waals surface area contributed by atoms with Crippen LogP contribution in [0.25, 0.3) is 0 Å². The Bertz CT molecular complexity index is 871. The van der Waals surface area contributed by atoms with E-state index in [4.69, 9.17) is 5.73 Å². The van der Waals surface area contributed by atoms with E-state index in [9.17, 15) is 9.59 Å². The van der Waals surface area contributed by atoms with Crippen molar-refractivity contribution in [2.45, 2.75) is 38.6 Å². The first-order chi connectivity index (χ1) is 11.3. The molecule has 2 aromatic rings. The normalized spacial score (nSPS) is 24.5. The van der Waals surface area contributed by atoms with Crippen LogP contribution in [-0.4, -0.2) is 27.3 Å². The van der Waals surface area contributed by atoms with Gasteiger partial charge in [0.2, 0.25) is 11.9 Å². The van der Waals surface area contributed by atoms with Crippen LogP contribution in [0.2, 0.25) is 0 Å². The molecule has 0 unspecified atom stereocenters. The lowest BCUT2D eigenvalue weighted by Crippen LogP contribution is -2.45. The third kappa shape index (κ3) is 2.04. The highest BCUT2D eigenvalue weighted by Gasteiger charge is 2.68. The first-order valence-corrected chi connectivity index (χ1v) is 8.94. The molecule has 6 nitrogen and oxygen atoms in total. The highest BCUT2D eigenvalue weighted by molar-refractivity contribution is 7.10. The van der Waals surface area contributed by atoms with Crippen LogP contribution in [0.15, 0.2) is 22.3 Å². The fourth-order valence-corrected chi connectivity index (χ4v) is 5.03. The first-order valence-electron chi connectivity index (χ1n) is 8.06. The summed E-state index contributed by atoms with van der Waals surface area (Å²) in [7, 11) is 0. The Balaban J connectivity index is 1.68. The summed E-state index contributed by atoms with van der Waals surface area (Å²) < 4.78 is 0. The van der Waals surface area contributed by atoms with E-state index in [0.29, 0.717) is 30.8 Å². The smallest absolute Gasteiger partial charge is 0.255 e. The van der Waals surface area contributed by atoms with Crippen LogP contribution in [0.5, 0.6) is 0 Å². The van der Waals surface area contributed by atoms with Crippen molar-refractivity contribution in [3.05, 3.63) is 44.0 Å². The largest absolute Gasteiger partial charge is 0.369 e. The summed E-state index contributed by atoms with van der Waals surface area (Å²) in [6.07, 6.45) is 1.37. The van der Waals surface area contributed by atoms with Crippen molar-refractivity contribution in [2.75, 3.05) is 12.3 Å². The number of H-pyrrole nitrogens is 1. The molecule has 0 saturated heterocycles. The van der Waals surface area contributed by atoms with Gasteiger partial charge in [0.05, 0.1) is 17.7 Å². The van der Waals surface area contributed by atoms with Gasteiger partial charge in [0, 0.05) is 17.0 Å². The Hall–Kier alpha value is -2.15. The fraction of sp³-hybridized carbons (Fsp3) is 0.471. The number of amides is 1. The second kappa shape index (κ2) is 4.92. The molecule has 1 amide bonds. The van der Waals surface area contributed by atoms with Crippen molar-refractivity contribution in [1.82, 2.24) is 14.9 Å². The molecule has 2 aliphatic rings. The fourth-order valence-electron chi connectivity index (χ4n) is 3.93. The number of nitrogens with zero attached hydrogens (tertiary/aromatic N) is 2. The van der Waals surface area contributed by atoms with Crippen molar-refractivity contribution in [2.24, 2.45) is 5.41 Å². The number of hydrogen-bond donors (Lipinski definition) is 2. The van der Waals surface area contributed by atoms with E-state index >= 15 is 0 Å². The molecule has 3 N–H and O–H groups in total. The monoisotopic (exact) mass is 344 g/mol. The minimum atomic E-state index is -0.439. The third-order valence-electron chi connectivity index (χ3n) is 5.42. The third-order valence-corrected chi connectivity index (χ3v) is 6.46. The van der Waals surface area contributed by atoms with Gasteiger partial charge in [-0.3, -0.25) is 14.6 Å². The molecule has 4 rings (SSSR count). The molecule has 0 spiro atoms. The van der Waals surface area contributed by atoms with Crippen molar-refractivity contribution in [1.29, 1.82) is 0 Å².